The first-order chi connectivity index (χ1) is 10.3. The average Bonchev–Trinajstić information content (AvgIpc) is 2.54. The van der Waals surface area contributed by atoms with Gasteiger partial charge in [-0.25, -0.2) is 0 Å². The summed E-state index contributed by atoms with van der Waals surface area (Å²) < 4.78 is 0. The minimum atomic E-state index is -0.220. The molecule has 21 heavy (non-hydrogen) atoms. The van der Waals surface area contributed by atoms with Crippen LogP contribution in [-0.2, 0) is 4.79 Å². The minimum absolute atomic E-state index is 0.0244. The molecule has 1 heterocycles. The summed E-state index contributed by atoms with van der Waals surface area (Å²) in [5.41, 5.74) is 0.568. The number of hydrogen-bond donors (Lipinski definition) is 3. The zero-order valence-electron chi connectivity index (χ0n) is 12.2. The quantitative estimate of drug-likeness (QED) is 0.729. The van der Waals surface area contributed by atoms with Crippen LogP contribution in [0.3, 0.4) is 0 Å². The van der Waals surface area contributed by atoms with Crippen LogP contribution in [0.15, 0.2) is 30.3 Å². The van der Waals surface area contributed by atoms with Gasteiger partial charge in [0.2, 0.25) is 5.91 Å². The Morgan fingerprint density at radius 3 is 2.71 bits per heavy atom. The Morgan fingerprint density at radius 1 is 1.19 bits per heavy atom. The molecule has 2 amide bonds. The summed E-state index contributed by atoms with van der Waals surface area (Å²) in [6, 6.07) is 8.90. The number of hydrogen-bond acceptors (Lipinski definition) is 3. The Hall–Kier alpha value is -1.88. The van der Waals surface area contributed by atoms with Gasteiger partial charge in [0.1, 0.15) is 0 Å². The van der Waals surface area contributed by atoms with Crippen LogP contribution < -0.4 is 16.0 Å². The van der Waals surface area contributed by atoms with Crippen molar-refractivity contribution in [3.05, 3.63) is 35.9 Å². The molecule has 0 radical (unpaired) electrons. The molecule has 5 heteroatoms. The number of nitrogens with one attached hydrogen (secondary N) is 3. The van der Waals surface area contributed by atoms with Crippen molar-refractivity contribution in [2.75, 3.05) is 26.2 Å². The van der Waals surface area contributed by atoms with E-state index in [9.17, 15) is 9.59 Å². The number of rotatable bonds is 6. The van der Waals surface area contributed by atoms with Gasteiger partial charge >= 0.3 is 0 Å². The van der Waals surface area contributed by atoms with E-state index in [0.717, 1.165) is 19.5 Å². The largest absolute Gasteiger partial charge is 0.355 e. The lowest BCUT2D eigenvalue weighted by atomic mass is 9.96. The molecule has 1 aliphatic heterocycles. The van der Waals surface area contributed by atoms with Crippen molar-refractivity contribution < 1.29 is 9.59 Å². The third-order valence-corrected chi connectivity index (χ3v) is 3.72. The van der Waals surface area contributed by atoms with Gasteiger partial charge in [-0.1, -0.05) is 18.2 Å². The summed E-state index contributed by atoms with van der Waals surface area (Å²) in [4.78, 5) is 23.4. The summed E-state index contributed by atoms with van der Waals surface area (Å²) in [6.07, 6.45) is 3.44. The molecule has 2 rings (SSSR count). The van der Waals surface area contributed by atoms with Crippen LogP contribution in [0.2, 0.25) is 0 Å². The highest BCUT2D eigenvalue weighted by atomic mass is 16.2. The van der Waals surface area contributed by atoms with Crippen LogP contribution >= 0.6 is 0 Å². The van der Waals surface area contributed by atoms with Gasteiger partial charge in [0, 0.05) is 12.1 Å². The number of benzene rings is 1. The SMILES string of the molecule is O=C(CNC(=O)c1ccccc1)NCCC1CCCNC1. The topological polar surface area (TPSA) is 70.2 Å². The Morgan fingerprint density at radius 2 is 2.00 bits per heavy atom. The molecule has 114 valence electrons. The molecule has 0 aliphatic carbocycles. The molecule has 0 saturated carbocycles. The first-order valence-electron chi connectivity index (χ1n) is 7.56. The van der Waals surface area contributed by atoms with Crippen LogP contribution in [-0.4, -0.2) is 38.0 Å². The molecule has 1 fully saturated rings. The fraction of sp³-hybridized carbons (Fsp3) is 0.500. The highest BCUT2D eigenvalue weighted by molar-refractivity contribution is 5.96. The van der Waals surface area contributed by atoms with Crippen LogP contribution in [0.25, 0.3) is 0 Å². The molecule has 1 saturated heterocycles. The average molecular weight is 289 g/mol. The zero-order chi connectivity index (χ0) is 14.9. The summed E-state index contributed by atoms with van der Waals surface area (Å²) in [7, 11) is 0. The Bertz CT molecular complexity index is 456. The van der Waals surface area contributed by atoms with Gasteiger partial charge < -0.3 is 16.0 Å². The summed E-state index contributed by atoms with van der Waals surface area (Å²) in [6.45, 7) is 2.85. The molecule has 1 aromatic rings. The van der Waals surface area contributed by atoms with Gasteiger partial charge in [-0.15, -0.1) is 0 Å². The van der Waals surface area contributed by atoms with Crippen molar-refractivity contribution in [2.45, 2.75) is 19.3 Å². The predicted octanol–water partition coefficient (Wildman–Crippen LogP) is 0.922. The minimum Gasteiger partial charge on any atom is -0.355 e. The second kappa shape index (κ2) is 8.42. The molecule has 5 nitrogen and oxygen atoms in total. The fourth-order valence-electron chi connectivity index (χ4n) is 2.50. The molecule has 0 aromatic heterocycles. The number of carbonyl (C=O) groups is 2. The van der Waals surface area contributed by atoms with Gasteiger partial charge in [0.25, 0.3) is 5.91 Å². The van der Waals surface area contributed by atoms with Gasteiger partial charge in [0.15, 0.2) is 0 Å². The maximum absolute atomic E-state index is 11.8. The normalized spacial score (nSPS) is 18.0. The zero-order valence-corrected chi connectivity index (χ0v) is 12.2. The Balaban J connectivity index is 1.60. The van der Waals surface area contributed by atoms with E-state index in [1.54, 1.807) is 24.3 Å². The standard InChI is InChI=1S/C16H23N3O2/c20-15(18-10-8-13-5-4-9-17-11-13)12-19-16(21)14-6-2-1-3-7-14/h1-3,6-7,13,17H,4-5,8-12H2,(H,18,20)(H,19,21). The highest BCUT2D eigenvalue weighted by Crippen LogP contribution is 2.12. The van der Waals surface area contributed by atoms with E-state index in [2.05, 4.69) is 16.0 Å². The first-order valence-corrected chi connectivity index (χ1v) is 7.56. The molecular formula is C16H23N3O2. The van der Waals surface area contributed by atoms with Gasteiger partial charge in [-0.3, -0.25) is 9.59 Å². The van der Waals surface area contributed by atoms with E-state index >= 15 is 0 Å². The molecule has 1 aliphatic rings. The fourth-order valence-corrected chi connectivity index (χ4v) is 2.50. The van der Waals surface area contributed by atoms with Gasteiger partial charge in [-0.05, 0) is 50.4 Å². The van der Waals surface area contributed by atoms with E-state index in [1.807, 2.05) is 6.07 Å². The predicted molar refractivity (Wildman–Crippen MR) is 82.0 cm³/mol. The van der Waals surface area contributed by atoms with E-state index in [1.165, 1.54) is 12.8 Å². The molecule has 0 spiro atoms. The lowest BCUT2D eigenvalue weighted by Gasteiger charge is -2.22. The maximum Gasteiger partial charge on any atom is 0.251 e. The number of piperidine rings is 1. The van der Waals surface area contributed by atoms with Crippen LogP contribution in [0.4, 0.5) is 0 Å². The van der Waals surface area contributed by atoms with Crippen molar-refractivity contribution in [1.29, 1.82) is 0 Å². The maximum atomic E-state index is 11.8. The third kappa shape index (κ3) is 5.55. The van der Waals surface area contributed by atoms with Crippen molar-refractivity contribution in [1.82, 2.24) is 16.0 Å². The van der Waals surface area contributed by atoms with E-state index in [0.29, 0.717) is 18.0 Å². The summed E-state index contributed by atoms with van der Waals surface area (Å²) in [5.74, 6) is 0.295. The van der Waals surface area contributed by atoms with E-state index in [-0.39, 0.29) is 18.4 Å². The van der Waals surface area contributed by atoms with Gasteiger partial charge in [0.05, 0.1) is 6.54 Å². The van der Waals surface area contributed by atoms with Gasteiger partial charge in [-0.2, -0.15) is 0 Å². The van der Waals surface area contributed by atoms with E-state index in [4.69, 9.17) is 0 Å². The second-order valence-electron chi connectivity index (χ2n) is 5.40. The van der Waals surface area contributed by atoms with Crippen LogP contribution in [0.5, 0.6) is 0 Å². The number of carbonyl (C=O) groups excluding carboxylic acids is 2. The van der Waals surface area contributed by atoms with Crippen molar-refractivity contribution in [3.63, 3.8) is 0 Å². The Labute approximate surface area is 125 Å². The highest BCUT2D eigenvalue weighted by Gasteiger charge is 2.13. The van der Waals surface area contributed by atoms with E-state index < -0.39 is 0 Å². The smallest absolute Gasteiger partial charge is 0.251 e. The van der Waals surface area contributed by atoms with Crippen LogP contribution in [0.1, 0.15) is 29.6 Å². The molecule has 1 aromatic carbocycles. The lowest BCUT2D eigenvalue weighted by molar-refractivity contribution is -0.120. The third-order valence-electron chi connectivity index (χ3n) is 3.72. The van der Waals surface area contributed by atoms with Crippen molar-refractivity contribution in [3.8, 4) is 0 Å². The first kappa shape index (κ1) is 15.5. The molecular weight excluding hydrogens is 266 g/mol. The lowest BCUT2D eigenvalue weighted by Crippen LogP contribution is -2.38. The molecule has 3 N–H and O–H groups in total. The molecule has 1 atom stereocenters. The van der Waals surface area contributed by atoms with Crippen molar-refractivity contribution in [2.24, 2.45) is 5.92 Å². The monoisotopic (exact) mass is 289 g/mol. The second-order valence-corrected chi connectivity index (χ2v) is 5.40. The molecule has 1 unspecified atom stereocenters. The van der Waals surface area contributed by atoms with Crippen LogP contribution in [0, 0.1) is 5.92 Å². The summed E-state index contributed by atoms with van der Waals surface area (Å²) in [5, 5.41) is 8.84. The Kier molecular flexibility index (Phi) is 6.22. The number of amides is 2. The van der Waals surface area contributed by atoms with Crippen molar-refractivity contribution >= 4 is 11.8 Å². The summed E-state index contributed by atoms with van der Waals surface area (Å²) >= 11 is 0. The molecule has 0 bridgehead atoms.